The molecule has 2 amide bonds. The zero-order valence-corrected chi connectivity index (χ0v) is 23.5. The molecule has 0 unspecified atom stereocenters. The van der Waals surface area contributed by atoms with Gasteiger partial charge >= 0.3 is 6.18 Å². The van der Waals surface area contributed by atoms with Gasteiger partial charge in [-0.2, -0.15) is 13.2 Å². The van der Waals surface area contributed by atoms with Crippen LogP contribution in [-0.2, 0) is 31.6 Å². The van der Waals surface area contributed by atoms with E-state index in [1.165, 1.54) is 18.3 Å². The van der Waals surface area contributed by atoms with Crippen molar-refractivity contribution in [2.24, 2.45) is 0 Å². The molecule has 1 aliphatic heterocycles. The Morgan fingerprint density at radius 3 is 2.44 bits per heavy atom. The third-order valence-corrected chi connectivity index (χ3v) is 10.1. The minimum atomic E-state index is -4.95. The van der Waals surface area contributed by atoms with Crippen LogP contribution in [0.15, 0.2) is 36.0 Å². The van der Waals surface area contributed by atoms with Crippen LogP contribution < -0.4 is 10.0 Å². The number of unbranched alkanes of at least 4 members (excludes halogenated alkanes) is 4. The number of halogens is 3. The molecular weight excluding hydrogens is 551 g/mol. The Labute approximate surface area is 230 Å². The molecule has 1 fully saturated rings. The van der Waals surface area contributed by atoms with Gasteiger partial charge in [0.2, 0.25) is 10.0 Å². The summed E-state index contributed by atoms with van der Waals surface area (Å²) >= 11 is 0.898. The number of amides is 2. The van der Waals surface area contributed by atoms with Gasteiger partial charge in [0.15, 0.2) is 5.54 Å². The normalized spacial score (nSPS) is 20.2. The second kappa shape index (κ2) is 11.4. The number of nitrogens with zero attached hydrogens (tertiary/aromatic N) is 1. The first-order valence-electron chi connectivity index (χ1n) is 13.1. The van der Waals surface area contributed by atoms with Crippen molar-refractivity contribution in [3.8, 4) is 0 Å². The van der Waals surface area contributed by atoms with E-state index in [0.717, 1.165) is 49.0 Å². The van der Waals surface area contributed by atoms with Crippen molar-refractivity contribution in [3.63, 3.8) is 0 Å². The summed E-state index contributed by atoms with van der Waals surface area (Å²) in [7, 11) is -4.04. The number of hydrogen-bond donors (Lipinski definition) is 2. The van der Waals surface area contributed by atoms with Gasteiger partial charge in [-0.25, -0.2) is 18.1 Å². The molecule has 1 atom stereocenters. The first-order chi connectivity index (χ1) is 18.4. The Bertz CT molecular complexity index is 1360. The minimum Gasteiger partial charge on any atom is -0.332 e. The highest BCUT2D eigenvalue weighted by Crippen LogP contribution is 2.49. The zero-order chi connectivity index (χ0) is 28.4. The van der Waals surface area contributed by atoms with E-state index in [9.17, 15) is 31.2 Å². The Kier molecular flexibility index (Phi) is 8.55. The van der Waals surface area contributed by atoms with Gasteiger partial charge in [0.05, 0.1) is 5.25 Å². The van der Waals surface area contributed by atoms with Crippen molar-refractivity contribution < 1.29 is 31.2 Å². The number of thiazole rings is 1. The van der Waals surface area contributed by atoms with Gasteiger partial charge in [0.1, 0.15) is 10.6 Å². The van der Waals surface area contributed by atoms with Gasteiger partial charge in [0.25, 0.3) is 11.8 Å². The standard InChI is InChI=1S/C27H32F3N3O4S2/c1-3-4-5-6-7-8-19-16-31-25(38-19)26(27(28,29)30)15-21(18-11-9-17(2)10-12-18)22(23(34)32-26)24(35)33-39(36,37)20-13-14-20/h9-12,16,20H,3-8,13-15H2,1-2H3,(H,32,34)(H,33,35)/t26-/m0/s1. The Balaban J connectivity index is 1.73. The molecule has 0 radical (unpaired) electrons. The van der Waals surface area contributed by atoms with Crippen LogP contribution in [0.2, 0.25) is 0 Å². The predicted octanol–water partition coefficient (Wildman–Crippen LogP) is 5.30. The van der Waals surface area contributed by atoms with Crippen molar-refractivity contribution in [2.45, 2.75) is 88.6 Å². The largest absolute Gasteiger partial charge is 0.418 e. The van der Waals surface area contributed by atoms with E-state index in [1.807, 2.05) is 10.0 Å². The topological polar surface area (TPSA) is 105 Å². The molecule has 2 aliphatic rings. The van der Waals surface area contributed by atoms with Crippen LogP contribution in [0, 0.1) is 6.92 Å². The molecule has 2 heterocycles. The molecule has 0 spiro atoms. The molecule has 1 aromatic heterocycles. The van der Waals surface area contributed by atoms with E-state index < -0.39 is 50.8 Å². The fourth-order valence-electron chi connectivity index (χ4n) is 4.62. The number of nitrogens with one attached hydrogen (secondary N) is 2. The number of carbonyl (C=O) groups excluding carboxylic acids is 2. The number of benzene rings is 1. The molecule has 2 aromatic rings. The van der Waals surface area contributed by atoms with Gasteiger partial charge in [-0.05, 0) is 43.7 Å². The summed E-state index contributed by atoms with van der Waals surface area (Å²) in [5.74, 6) is -2.54. The lowest BCUT2D eigenvalue weighted by molar-refractivity contribution is -0.201. The first-order valence-corrected chi connectivity index (χ1v) is 15.4. The van der Waals surface area contributed by atoms with E-state index in [-0.39, 0.29) is 16.1 Å². The quantitative estimate of drug-likeness (QED) is 0.276. The molecule has 39 heavy (non-hydrogen) atoms. The molecule has 1 aliphatic carbocycles. The Morgan fingerprint density at radius 2 is 1.82 bits per heavy atom. The maximum atomic E-state index is 14.9. The molecule has 0 bridgehead atoms. The number of rotatable bonds is 11. The number of carbonyl (C=O) groups is 2. The maximum absolute atomic E-state index is 14.9. The fourth-order valence-corrected chi connectivity index (χ4v) is 7.02. The van der Waals surface area contributed by atoms with Crippen molar-refractivity contribution in [2.75, 3.05) is 0 Å². The second-order valence-corrected chi connectivity index (χ2v) is 13.3. The Hall–Kier alpha value is -2.73. The highest BCUT2D eigenvalue weighted by atomic mass is 32.2. The van der Waals surface area contributed by atoms with Crippen LogP contribution in [0.25, 0.3) is 5.57 Å². The summed E-state index contributed by atoms with van der Waals surface area (Å²) in [6, 6.07) is 6.36. The van der Waals surface area contributed by atoms with Crippen LogP contribution in [0.3, 0.4) is 0 Å². The number of alkyl halides is 3. The maximum Gasteiger partial charge on any atom is 0.418 e. The number of aryl methyl sites for hydroxylation is 2. The van der Waals surface area contributed by atoms with E-state index >= 15 is 0 Å². The van der Waals surface area contributed by atoms with Crippen LogP contribution in [-0.4, -0.2) is 36.6 Å². The van der Waals surface area contributed by atoms with E-state index in [1.54, 1.807) is 19.1 Å². The number of sulfonamides is 1. The second-order valence-electron chi connectivity index (χ2n) is 10.2. The van der Waals surface area contributed by atoms with E-state index in [0.29, 0.717) is 24.1 Å². The third kappa shape index (κ3) is 6.37. The summed E-state index contributed by atoms with van der Waals surface area (Å²) in [6.07, 6.45) is 2.02. The smallest absolute Gasteiger partial charge is 0.332 e. The first kappa shape index (κ1) is 29.3. The predicted molar refractivity (Wildman–Crippen MR) is 143 cm³/mol. The summed E-state index contributed by atoms with van der Waals surface area (Å²) < 4.78 is 71.3. The minimum absolute atomic E-state index is 0.184. The lowest BCUT2D eigenvalue weighted by Gasteiger charge is -2.39. The van der Waals surface area contributed by atoms with Crippen LogP contribution in [0.4, 0.5) is 13.2 Å². The SMILES string of the molecule is CCCCCCCc1cnc([C@]2(C(F)(F)F)CC(c3ccc(C)cc3)=C(C(=O)NS(=O)(=O)C3CC3)C(=O)N2)s1. The summed E-state index contributed by atoms with van der Waals surface area (Å²) in [5, 5.41) is 0.960. The summed E-state index contributed by atoms with van der Waals surface area (Å²) in [4.78, 5) is 31.2. The average molecular weight is 584 g/mol. The Morgan fingerprint density at radius 1 is 1.15 bits per heavy atom. The van der Waals surface area contributed by atoms with Crippen molar-refractivity contribution in [3.05, 3.63) is 57.0 Å². The highest BCUT2D eigenvalue weighted by molar-refractivity contribution is 7.91. The number of aromatic nitrogens is 1. The molecule has 1 saturated carbocycles. The summed E-state index contributed by atoms with van der Waals surface area (Å²) in [5.41, 5.74) is -2.64. The molecule has 0 saturated heterocycles. The molecule has 12 heteroatoms. The van der Waals surface area contributed by atoms with Crippen LogP contribution in [0.5, 0.6) is 0 Å². The average Bonchev–Trinajstić information content (AvgIpc) is 3.62. The van der Waals surface area contributed by atoms with Crippen molar-refractivity contribution in [1.29, 1.82) is 0 Å². The van der Waals surface area contributed by atoms with E-state index in [2.05, 4.69) is 11.9 Å². The molecule has 1 aromatic carbocycles. The van der Waals surface area contributed by atoms with E-state index in [4.69, 9.17) is 0 Å². The monoisotopic (exact) mass is 583 g/mol. The molecule has 2 N–H and O–H groups in total. The van der Waals surface area contributed by atoms with Gasteiger partial charge in [-0.15, -0.1) is 11.3 Å². The van der Waals surface area contributed by atoms with Crippen molar-refractivity contribution >= 4 is 38.7 Å². The van der Waals surface area contributed by atoms with Crippen LogP contribution in [0.1, 0.15) is 79.3 Å². The number of hydrogen-bond acceptors (Lipinski definition) is 6. The van der Waals surface area contributed by atoms with Gasteiger partial charge in [-0.1, -0.05) is 62.4 Å². The van der Waals surface area contributed by atoms with Gasteiger partial charge in [-0.3, -0.25) is 9.59 Å². The van der Waals surface area contributed by atoms with Crippen LogP contribution >= 0.6 is 11.3 Å². The molecular formula is C27H32F3N3O4S2. The van der Waals surface area contributed by atoms with Gasteiger partial charge in [0, 0.05) is 17.5 Å². The zero-order valence-electron chi connectivity index (χ0n) is 21.9. The molecule has 212 valence electrons. The van der Waals surface area contributed by atoms with Crippen molar-refractivity contribution in [1.82, 2.24) is 15.0 Å². The lowest BCUT2D eigenvalue weighted by Crippen LogP contribution is -2.60. The molecule has 4 rings (SSSR count). The highest BCUT2D eigenvalue weighted by Gasteiger charge is 2.62. The lowest BCUT2D eigenvalue weighted by atomic mass is 9.80. The molecule has 7 nitrogen and oxygen atoms in total. The summed E-state index contributed by atoms with van der Waals surface area (Å²) in [6.45, 7) is 3.89. The third-order valence-electron chi connectivity index (χ3n) is 7.05. The van der Waals surface area contributed by atoms with Gasteiger partial charge < -0.3 is 5.32 Å². The fraction of sp³-hybridized carbons (Fsp3) is 0.519.